The molecule has 1 aliphatic rings. The molecule has 1 nitrogen and oxygen atoms in total. The third kappa shape index (κ3) is 3.84. The van der Waals surface area contributed by atoms with Crippen molar-refractivity contribution in [3.8, 4) is 0 Å². The SMILES string of the molecule is CC1(C)CCCC(N)(CCc2ccccc2)CC1. The fraction of sp³-hybridized carbons (Fsp3) is 0.647. The highest BCUT2D eigenvalue weighted by Crippen LogP contribution is 2.38. The maximum atomic E-state index is 6.63. The van der Waals surface area contributed by atoms with Crippen molar-refractivity contribution >= 4 is 0 Å². The molecule has 1 aliphatic carbocycles. The zero-order valence-electron chi connectivity index (χ0n) is 11.9. The summed E-state index contributed by atoms with van der Waals surface area (Å²) in [5.74, 6) is 0. The lowest BCUT2D eigenvalue weighted by Gasteiger charge is -2.29. The van der Waals surface area contributed by atoms with Gasteiger partial charge >= 0.3 is 0 Å². The summed E-state index contributed by atoms with van der Waals surface area (Å²) < 4.78 is 0. The molecule has 0 aromatic heterocycles. The normalized spacial score (nSPS) is 27.7. The lowest BCUT2D eigenvalue weighted by Crippen LogP contribution is -2.39. The fourth-order valence-electron chi connectivity index (χ4n) is 3.04. The Hall–Kier alpha value is -0.820. The molecule has 0 spiro atoms. The Morgan fingerprint density at radius 1 is 1.00 bits per heavy atom. The smallest absolute Gasteiger partial charge is 0.0157 e. The van der Waals surface area contributed by atoms with Gasteiger partial charge < -0.3 is 5.73 Å². The van der Waals surface area contributed by atoms with Crippen molar-refractivity contribution in [1.29, 1.82) is 0 Å². The van der Waals surface area contributed by atoms with Gasteiger partial charge in [-0.05, 0) is 49.5 Å². The van der Waals surface area contributed by atoms with Crippen LogP contribution in [0.5, 0.6) is 0 Å². The number of rotatable bonds is 3. The van der Waals surface area contributed by atoms with Crippen LogP contribution < -0.4 is 5.73 Å². The van der Waals surface area contributed by atoms with Gasteiger partial charge in [0.15, 0.2) is 0 Å². The third-order valence-electron chi connectivity index (χ3n) is 4.58. The molecule has 2 N–H and O–H groups in total. The van der Waals surface area contributed by atoms with E-state index in [1.54, 1.807) is 0 Å². The van der Waals surface area contributed by atoms with Crippen molar-refractivity contribution in [3.05, 3.63) is 35.9 Å². The maximum Gasteiger partial charge on any atom is 0.0157 e. The summed E-state index contributed by atoms with van der Waals surface area (Å²) in [5, 5.41) is 0. The topological polar surface area (TPSA) is 26.0 Å². The second kappa shape index (κ2) is 5.44. The van der Waals surface area contributed by atoms with E-state index in [4.69, 9.17) is 5.73 Å². The monoisotopic (exact) mass is 245 g/mol. The molecule has 1 aromatic rings. The lowest BCUT2D eigenvalue weighted by atomic mass is 9.82. The minimum Gasteiger partial charge on any atom is -0.325 e. The summed E-state index contributed by atoms with van der Waals surface area (Å²) in [4.78, 5) is 0. The zero-order valence-corrected chi connectivity index (χ0v) is 11.9. The van der Waals surface area contributed by atoms with Crippen molar-refractivity contribution in [2.75, 3.05) is 0 Å². The van der Waals surface area contributed by atoms with Crippen molar-refractivity contribution in [1.82, 2.24) is 0 Å². The molecule has 1 heteroatoms. The van der Waals surface area contributed by atoms with Crippen LogP contribution in [0.25, 0.3) is 0 Å². The van der Waals surface area contributed by atoms with Crippen LogP contribution >= 0.6 is 0 Å². The highest BCUT2D eigenvalue weighted by Gasteiger charge is 2.31. The van der Waals surface area contributed by atoms with Gasteiger partial charge in [0.05, 0.1) is 0 Å². The van der Waals surface area contributed by atoms with Crippen LogP contribution in [0.15, 0.2) is 30.3 Å². The van der Waals surface area contributed by atoms with Gasteiger partial charge in [0.2, 0.25) is 0 Å². The lowest BCUT2D eigenvalue weighted by molar-refractivity contribution is 0.291. The summed E-state index contributed by atoms with van der Waals surface area (Å²) in [5.41, 5.74) is 8.62. The molecule has 0 radical (unpaired) electrons. The first kappa shape index (κ1) is 13.6. The van der Waals surface area contributed by atoms with Crippen molar-refractivity contribution < 1.29 is 0 Å². The van der Waals surface area contributed by atoms with Gasteiger partial charge in [0, 0.05) is 5.54 Å². The van der Waals surface area contributed by atoms with E-state index < -0.39 is 0 Å². The molecule has 18 heavy (non-hydrogen) atoms. The number of benzene rings is 1. The molecule has 0 bridgehead atoms. The molecule has 1 saturated carbocycles. The Bertz CT molecular complexity index is 368. The number of hydrogen-bond acceptors (Lipinski definition) is 1. The Labute approximate surface area is 112 Å². The van der Waals surface area contributed by atoms with Crippen LogP contribution in [0.2, 0.25) is 0 Å². The Kier molecular flexibility index (Phi) is 4.11. The summed E-state index contributed by atoms with van der Waals surface area (Å²) in [6.45, 7) is 4.77. The molecule has 100 valence electrons. The Balaban J connectivity index is 1.91. The molecule has 0 amide bonds. The molecule has 0 saturated heterocycles. The van der Waals surface area contributed by atoms with Crippen LogP contribution in [0.1, 0.15) is 57.9 Å². The number of hydrogen-bond donors (Lipinski definition) is 1. The summed E-state index contributed by atoms with van der Waals surface area (Å²) in [7, 11) is 0. The Morgan fingerprint density at radius 2 is 1.72 bits per heavy atom. The third-order valence-corrected chi connectivity index (χ3v) is 4.58. The standard InChI is InChI=1S/C17H27N/c1-16(2)10-6-11-17(18,14-13-16)12-9-15-7-4-3-5-8-15/h3-5,7-8H,6,9-14,18H2,1-2H3. The average molecular weight is 245 g/mol. The quantitative estimate of drug-likeness (QED) is 0.789. The van der Waals surface area contributed by atoms with E-state index in [9.17, 15) is 0 Å². The van der Waals surface area contributed by atoms with Crippen LogP contribution in [0.4, 0.5) is 0 Å². The number of nitrogens with two attached hydrogens (primary N) is 1. The Morgan fingerprint density at radius 3 is 2.44 bits per heavy atom. The molecule has 1 aromatic carbocycles. The predicted octanol–water partition coefficient (Wildman–Crippen LogP) is 4.31. The predicted molar refractivity (Wildman–Crippen MR) is 78.5 cm³/mol. The largest absolute Gasteiger partial charge is 0.325 e. The van der Waals surface area contributed by atoms with E-state index in [-0.39, 0.29) is 5.54 Å². The minimum absolute atomic E-state index is 0.0730. The molecule has 1 unspecified atom stereocenters. The second-order valence-corrected chi connectivity index (χ2v) is 6.87. The van der Waals surface area contributed by atoms with E-state index >= 15 is 0 Å². The average Bonchev–Trinajstić information content (AvgIpc) is 2.48. The van der Waals surface area contributed by atoms with Gasteiger partial charge in [0.25, 0.3) is 0 Å². The molecule has 2 rings (SSSR count). The van der Waals surface area contributed by atoms with Crippen molar-refractivity contribution in [2.45, 2.75) is 64.3 Å². The van der Waals surface area contributed by atoms with Crippen molar-refractivity contribution in [2.24, 2.45) is 11.1 Å². The van der Waals surface area contributed by atoms with Gasteiger partial charge in [-0.2, -0.15) is 0 Å². The van der Waals surface area contributed by atoms with Crippen LogP contribution in [0.3, 0.4) is 0 Å². The highest BCUT2D eigenvalue weighted by atomic mass is 14.7. The van der Waals surface area contributed by atoms with Crippen LogP contribution in [-0.4, -0.2) is 5.54 Å². The summed E-state index contributed by atoms with van der Waals surface area (Å²) in [6.07, 6.45) is 8.54. The summed E-state index contributed by atoms with van der Waals surface area (Å²) in [6, 6.07) is 10.7. The molecular formula is C17H27N. The van der Waals surface area contributed by atoms with Gasteiger partial charge in [0.1, 0.15) is 0 Å². The zero-order chi connectivity index (χ0) is 13.1. The van der Waals surface area contributed by atoms with Crippen LogP contribution in [-0.2, 0) is 6.42 Å². The fourth-order valence-corrected chi connectivity index (χ4v) is 3.04. The minimum atomic E-state index is 0.0730. The highest BCUT2D eigenvalue weighted by molar-refractivity contribution is 5.15. The van der Waals surface area contributed by atoms with E-state index in [0.29, 0.717) is 5.41 Å². The van der Waals surface area contributed by atoms with E-state index in [2.05, 4.69) is 44.2 Å². The molecule has 1 fully saturated rings. The first-order valence-electron chi connectivity index (χ1n) is 7.32. The van der Waals surface area contributed by atoms with Crippen molar-refractivity contribution in [3.63, 3.8) is 0 Å². The van der Waals surface area contributed by atoms with E-state index in [0.717, 1.165) is 12.8 Å². The summed E-state index contributed by atoms with van der Waals surface area (Å²) >= 11 is 0. The van der Waals surface area contributed by atoms with E-state index in [1.807, 2.05) is 0 Å². The molecule has 0 aliphatic heterocycles. The maximum absolute atomic E-state index is 6.63. The van der Waals surface area contributed by atoms with Gasteiger partial charge in [-0.1, -0.05) is 50.6 Å². The second-order valence-electron chi connectivity index (χ2n) is 6.87. The molecular weight excluding hydrogens is 218 g/mol. The van der Waals surface area contributed by atoms with E-state index in [1.165, 1.54) is 37.7 Å². The molecule has 1 atom stereocenters. The first-order valence-corrected chi connectivity index (χ1v) is 7.32. The number of aryl methyl sites for hydroxylation is 1. The van der Waals surface area contributed by atoms with Crippen LogP contribution in [0, 0.1) is 5.41 Å². The van der Waals surface area contributed by atoms with Gasteiger partial charge in [-0.15, -0.1) is 0 Å². The molecule has 0 heterocycles. The van der Waals surface area contributed by atoms with Gasteiger partial charge in [-0.25, -0.2) is 0 Å². The van der Waals surface area contributed by atoms with Gasteiger partial charge in [-0.3, -0.25) is 0 Å². The first-order chi connectivity index (χ1) is 8.49.